The van der Waals surface area contributed by atoms with Gasteiger partial charge in [0.05, 0.1) is 17.7 Å². The van der Waals surface area contributed by atoms with Crippen molar-refractivity contribution in [2.24, 2.45) is 0 Å². The molecule has 1 N–H and O–H groups in total. The summed E-state index contributed by atoms with van der Waals surface area (Å²) in [6, 6.07) is 19.1. The van der Waals surface area contributed by atoms with Crippen molar-refractivity contribution in [1.82, 2.24) is 10.2 Å². The molecule has 3 aromatic carbocycles. The second-order valence-corrected chi connectivity index (χ2v) is 11.8. The molecule has 0 saturated carbocycles. The number of methoxy groups -OCH3 is 1. The van der Waals surface area contributed by atoms with E-state index in [1.807, 2.05) is 13.8 Å². The lowest BCUT2D eigenvalue weighted by Gasteiger charge is -2.32. The maximum Gasteiger partial charge on any atom is 0.264 e. The minimum absolute atomic E-state index is 0.0287. The monoisotopic (exact) mass is 585 g/mol. The molecule has 0 aromatic heterocycles. The van der Waals surface area contributed by atoms with Gasteiger partial charge in [-0.1, -0.05) is 61.3 Å². The molecule has 0 fully saturated rings. The maximum absolute atomic E-state index is 14.0. The summed E-state index contributed by atoms with van der Waals surface area (Å²) in [5.41, 5.74) is 1.76. The third-order valence-corrected chi connectivity index (χ3v) is 8.50. The third-order valence-electron chi connectivity index (χ3n) is 6.48. The van der Waals surface area contributed by atoms with Gasteiger partial charge in [-0.3, -0.25) is 13.9 Å². The van der Waals surface area contributed by atoms with E-state index >= 15 is 0 Å². The SMILES string of the molecule is CCCCNC(=O)[C@H](C)N(Cc1ccc(Cl)cc1)C(=O)CN(c1cc(C)ccc1OC)S(=O)(=O)c1ccccc1. The molecule has 214 valence electrons. The van der Waals surface area contributed by atoms with Crippen LogP contribution in [0.15, 0.2) is 77.7 Å². The first-order valence-electron chi connectivity index (χ1n) is 13.1. The highest BCUT2D eigenvalue weighted by molar-refractivity contribution is 7.92. The summed E-state index contributed by atoms with van der Waals surface area (Å²) in [5.74, 6) is -0.565. The second kappa shape index (κ2) is 14.2. The van der Waals surface area contributed by atoms with Crippen molar-refractivity contribution in [3.05, 3.63) is 88.9 Å². The fourth-order valence-corrected chi connectivity index (χ4v) is 5.70. The topological polar surface area (TPSA) is 96.0 Å². The first kappa shape index (κ1) is 31.0. The van der Waals surface area contributed by atoms with Gasteiger partial charge in [0.15, 0.2) is 0 Å². The highest BCUT2D eigenvalue weighted by Crippen LogP contribution is 2.33. The number of aryl methyl sites for hydroxylation is 1. The highest BCUT2D eigenvalue weighted by atomic mass is 35.5. The summed E-state index contributed by atoms with van der Waals surface area (Å²) in [6.45, 7) is 5.51. The third kappa shape index (κ3) is 7.76. The molecule has 40 heavy (non-hydrogen) atoms. The minimum Gasteiger partial charge on any atom is -0.495 e. The number of rotatable bonds is 13. The summed E-state index contributed by atoms with van der Waals surface area (Å²) in [6.07, 6.45) is 1.71. The Bertz CT molecular complexity index is 1400. The number of carbonyl (C=O) groups excluding carboxylic acids is 2. The number of ether oxygens (including phenoxy) is 1. The number of halogens is 1. The first-order chi connectivity index (χ1) is 19.1. The summed E-state index contributed by atoms with van der Waals surface area (Å²) in [5, 5.41) is 3.42. The Balaban J connectivity index is 2.05. The van der Waals surface area contributed by atoms with Crippen molar-refractivity contribution in [2.45, 2.75) is 51.1 Å². The van der Waals surface area contributed by atoms with Crippen molar-refractivity contribution in [1.29, 1.82) is 0 Å². The lowest BCUT2D eigenvalue weighted by molar-refractivity contribution is -0.139. The van der Waals surface area contributed by atoms with Crippen molar-refractivity contribution >= 4 is 39.1 Å². The van der Waals surface area contributed by atoms with E-state index in [2.05, 4.69) is 5.32 Å². The molecule has 0 unspecified atom stereocenters. The van der Waals surface area contributed by atoms with E-state index in [1.54, 1.807) is 67.6 Å². The fourth-order valence-electron chi connectivity index (χ4n) is 4.13. The van der Waals surface area contributed by atoms with Gasteiger partial charge in [0, 0.05) is 18.1 Å². The Labute approximate surface area is 241 Å². The van der Waals surface area contributed by atoms with Crippen molar-refractivity contribution < 1.29 is 22.7 Å². The largest absolute Gasteiger partial charge is 0.495 e. The Hall–Kier alpha value is -3.56. The molecule has 8 nitrogen and oxygen atoms in total. The molecule has 0 saturated heterocycles. The van der Waals surface area contributed by atoms with Gasteiger partial charge in [-0.2, -0.15) is 0 Å². The zero-order chi connectivity index (χ0) is 29.3. The fraction of sp³-hybridized carbons (Fsp3) is 0.333. The van der Waals surface area contributed by atoms with Crippen LogP contribution >= 0.6 is 11.6 Å². The molecule has 0 heterocycles. The predicted octanol–water partition coefficient (Wildman–Crippen LogP) is 5.19. The lowest BCUT2D eigenvalue weighted by atomic mass is 10.1. The van der Waals surface area contributed by atoms with Gasteiger partial charge in [-0.05, 0) is 67.8 Å². The summed E-state index contributed by atoms with van der Waals surface area (Å²) in [7, 11) is -2.74. The molecule has 0 spiro atoms. The van der Waals surface area contributed by atoms with E-state index in [4.69, 9.17) is 16.3 Å². The Kier molecular flexibility index (Phi) is 11.0. The van der Waals surface area contributed by atoms with Gasteiger partial charge in [-0.15, -0.1) is 0 Å². The lowest BCUT2D eigenvalue weighted by Crippen LogP contribution is -2.51. The standard InChI is InChI=1S/C30H36ClN3O5S/c1-5-6-18-32-30(36)23(3)33(20-24-13-15-25(31)16-14-24)29(35)21-34(27-19-22(2)12-17-28(27)39-4)40(37,38)26-10-8-7-9-11-26/h7-17,19,23H,5-6,18,20-21H2,1-4H3,(H,32,36)/t23-/m0/s1. The highest BCUT2D eigenvalue weighted by Gasteiger charge is 2.33. The predicted molar refractivity (Wildman–Crippen MR) is 158 cm³/mol. The molecule has 1 atom stereocenters. The molecule has 2 amide bonds. The van der Waals surface area contributed by atoms with Crippen molar-refractivity contribution in [2.75, 3.05) is 24.5 Å². The molecule has 10 heteroatoms. The smallest absolute Gasteiger partial charge is 0.264 e. The van der Waals surface area contributed by atoms with Gasteiger partial charge in [-0.25, -0.2) is 8.42 Å². The van der Waals surface area contributed by atoms with Crippen LogP contribution < -0.4 is 14.4 Å². The second-order valence-electron chi connectivity index (χ2n) is 9.47. The van der Waals surface area contributed by atoms with Gasteiger partial charge in [0.25, 0.3) is 10.0 Å². The summed E-state index contributed by atoms with van der Waals surface area (Å²) < 4.78 is 34.4. The van der Waals surface area contributed by atoms with Crippen LogP contribution in [0.2, 0.25) is 5.02 Å². The summed E-state index contributed by atoms with van der Waals surface area (Å²) in [4.78, 5) is 28.5. The molecular formula is C30H36ClN3O5S. The van der Waals surface area contributed by atoms with E-state index in [9.17, 15) is 18.0 Å². The van der Waals surface area contributed by atoms with Gasteiger partial charge < -0.3 is 15.0 Å². The molecule has 0 radical (unpaired) electrons. The van der Waals surface area contributed by atoms with E-state index in [0.29, 0.717) is 17.3 Å². The van der Waals surface area contributed by atoms with E-state index < -0.39 is 28.5 Å². The van der Waals surface area contributed by atoms with Crippen LogP contribution in [0.25, 0.3) is 0 Å². The number of amides is 2. The molecule has 0 bridgehead atoms. The number of hydrogen-bond donors (Lipinski definition) is 1. The summed E-state index contributed by atoms with van der Waals surface area (Å²) >= 11 is 6.05. The van der Waals surface area contributed by atoms with Crippen LogP contribution in [0.5, 0.6) is 5.75 Å². The van der Waals surface area contributed by atoms with E-state index in [1.165, 1.54) is 24.1 Å². The van der Waals surface area contributed by atoms with Gasteiger partial charge in [0.2, 0.25) is 11.8 Å². The van der Waals surface area contributed by atoms with Crippen LogP contribution in [0.1, 0.15) is 37.8 Å². The van der Waals surface area contributed by atoms with Crippen LogP contribution in [0, 0.1) is 6.92 Å². The number of carbonyl (C=O) groups is 2. The van der Waals surface area contributed by atoms with Crippen molar-refractivity contribution in [3.63, 3.8) is 0 Å². The molecule has 0 aliphatic rings. The quantitative estimate of drug-likeness (QED) is 0.279. The van der Waals surface area contributed by atoms with E-state index in [-0.39, 0.29) is 23.0 Å². The molecule has 0 aliphatic carbocycles. The number of hydrogen-bond acceptors (Lipinski definition) is 5. The Morgan fingerprint density at radius 2 is 1.70 bits per heavy atom. The van der Waals surface area contributed by atoms with Gasteiger partial charge >= 0.3 is 0 Å². The first-order valence-corrected chi connectivity index (χ1v) is 14.9. The normalized spacial score (nSPS) is 11.9. The number of nitrogens with one attached hydrogen (secondary N) is 1. The Morgan fingerprint density at radius 1 is 1.02 bits per heavy atom. The molecule has 0 aliphatic heterocycles. The average molecular weight is 586 g/mol. The van der Waals surface area contributed by atoms with Crippen LogP contribution in [-0.4, -0.2) is 51.4 Å². The van der Waals surface area contributed by atoms with E-state index in [0.717, 1.165) is 28.3 Å². The maximum atomic E-state index is 14.0. The van der Waals surface area contributed by atoms with Gasteiger partial charge in [0.1, 0.15) is 18.3 Å². The van der Waals surface area contributed by atoms with Crippen molar-refractivity contribution in [3.8, 4) is 5.75 Å². The number of nitrogens with zero attached hydrogens (tertiary/aromatic N) is 2. The molecular weight excluding hydrogens is 550 g/mol. The molecule has 3 rings (SSSR count). The van der Waals surface area contributed by atoms with Crippen LogP contribution in [-0.2, 0) is 26.2 Å². The number of benzene rings is 3. The molecule has 3 aromatic rings. The number of anilines is 1. The zero-order valence-corrected chi connectivity index (χ0v) is 24.8. The number of sulfonamides is 1. The van der Waals surface area contributed by atoms with Crippen LogP contribution in [0.4, 0.5) is 5.69 Å². The number of unbranched alkanes of at least 4 members (excludes halogenated alkanes) is 1. The van der Waals surface area contributed by atoms with Crippen LogP contribution in [0.3, 0.4) is 0 Å². The minimum atomic E-state index is -4.19. The Morgan fingerprint density at radius 3 is 2.33 bits per heavy atom. The zero-order valence-electron chi connectivity index (χ0n) is 23.3. The average Bonchev–Trinajstić information content (AvgIpc) is 2.95.